The highest BCUT2D eigenvalue weighted by atomic mass is 16.4. The molecule has 1 aliphatic heterocycles. The van der Waals surface area contributed by atoms with Gasteiger partial charge in [0.1, 0.15) is 0 Å². The maximum absolute atomic E-state index is 9.98. The fraction of sp³-hybridized carbons (Fsp3) is 0.818. The number of piperazine rings is 1. The summed E-state index contributed by atoms with van der Waals surface area (Å²) in [5.41, 5.74) is 0. The molecular formula is C11H22N2O4. The van der Waals surface area contributed by atoms with Crippen LogP contribution in [-0.2, 0) is 9.59 Å². The summed E-state index contributed by atoms with van der Waals surface area (Å²) in [4.78, 5) is 20.0. The minimum Gasteiger partial charge on any atom is -0.481 e. The molecule has 0 aromatic heterocycles. The van der Waals surface area contributed by atoms with Gasteiger partial charge >= 0.3 is 11.9 Å². The van der Waals surface area contributed by atoms with Crippen molar-refractivity contribution < 1.29 is 19.8 Å². The highest BCUT2D eigenvalue weighted by molar-refractivity contribution is 5.67. The third-order valence-corrected chi connectivity index (χ3v) is 2.24. The van der Waals surface area contributed by atoms with Gasteiger partial charge in [0.25, 0.3) is 0 Å². The monoisotopic (exact) mass is 246 g/mol. The summed E-state index contributed by atoms with van der Waals surface area (Å²) in [6.07, 6.45) is 2.10. The van der Waals surface area contributed by atoms with Crippen molar-refractivity contribution in [2.24, 2.45) is 0 Å². The zero-order valence-corrected chi connectivity index (χ0v) is 10.1. The first-order valence-electron chi connectivity index (χ1n) is 5.98. The lowest BCUT2D eigenvalue weighted by atomic mass is 10.1. The van der Waals surface area contributed by atoms with Crippen molar-refractivity contribution in [3.63, 3.8) is 0 Å². The zero-order chi connectivity index (χ0) is 12.9. The van der Waals surface area contributed by atoms with E-state index in [1.165, 1.54) is 0 Å². The van der Waals surface area contributed by atoms with Gasteiger partial charge in [0.2, 0.25) is 0 Å². The molecule has 0 amide bonds. The second-order valence-corrected chi connectivity index (χ2v) is 3.85. The van der Waals surface area contributed by atoms with E-state index in [0.29, 0.717) is 19.3 Å². The number of carboxylic acid groups (broad SMARTS) is 2. The molecule has 100 valence electrons. The van der Waals surface area contributed by atoms with Crippen LogP contribution in [0.25, 0.3) is 0 Å². The number of carbonyl (C=O) groups is 2. The molecule has 0 atom stereocenters. The predicted octanol–water partition coefficient (Wildman–Crippen LogP) is 0.285. The number of carboxylic acids is 2. The van der Waals surface area contributed by atoms with Gasteiger partial charge in [0.05, 0.1) is 0 Å². The Morgan fingerprint density at radius 1 is 0.765 bits per heavy atom. The second kappa shape index (κ2) is 11.3. The summed E-state index contributed by atoms with van der Waals surface area (Å²) < 4.78 is 0. The highest BCUT2D eigenvalue weighted by Crippen LogP contribution is 2.02. The minimum absolute atomic E-state index is 0.139. The molecular weight excluding hydrogens is 224 g/mol. The Hall–Kier alpha value is -1.14. The lowest BCUT2D eigenvalue weighted by Crippen LogP contribution is -2.39. The Morgan fingerprint density at radius 3 is 1.35 bits per heavy atom. The Bertz CT molecular complexity index is 190. The van der Waals surface area contributed by atoms with Crippen LogP contribution in [0.3, 0.4) is 0 Å². The topological polar surface area (TPSA) is 98.7 Å². The van der Waals surface area contributed by atoms with Crippen LogP contribution in [0.5, 0.6) is 0 Å². The third kappa shape index (κ3) is 14.9. The molecule has 0 spiro atoms. The van der Waals surface area contributed by atoms with Crippen molar-refractivity contribution in [3.05, 3.63) is 0 Å². The molecule has 6 heteroatoms. The SMILES string of the molecule is C1CNCCN1.O=C(O)CCCCCC(=O)O. The van der Waals surface area contributed by atoms with E-state index >= 15 is 0 Å². The standard InChI is InChI=1S/C7H12O4.C4H10N2/c8-6(9)4-2-1-3-5-7(10)11;1-2-6-4-3-5-1/h1-5H2,(H,8,9)(H,10,11);5-6H,1-4H2. The van der Waals surface area contributed by atoms with E-state index in [-0.39, 0.29) is 12.8 Å². The molecule has 0 radical (unpaired) electrons. The third-order valence-electron chi connectivity index (χ3n) is 2.24. The van der Waals surface area contributed by atoms with Crippen molar-refractivity contribution in [1.82, 2.24) is 10.6 Å². The lowest BCUT2D eigenvalue weighted by Gasteiger charge is -2.11. The zero-order valence-electron chi connectivity index (χ0n) is 10.1. The van der Waals surface area contributed by atoms with Crippen molar-refractivity contribution in [3.8, 4) is 0 Å². The fourth-order valence-electron chi connectivity index (χ4n) is 1.33. The van der Waals surface area contributed by atoms with Gasteiger partial charge in [-0.3, -0.25) is 9.59 Å². The van der Waals surface area contributed by atoms with E-state index in [4.69, 9.17) is 10.2 Å². The van der Waals surface area contributed by atoms with E-state index in [1.807, 2.05) is 0 Å². The molecule has 0 aromatic carbocycles. The molecule has 6 nitrogen and oxygen atoms in total. The predicted molar refractivity (Wildman–Crippen MR) is 64.1 cm³/mol. The lowest BCUT2D eigenvalue weighted by molar-refractivity contribution is -0.137. The van der Waals surface area contributed by atoms with E-state index in [2.05, 4.69) is 10.6 Å². The van der Waals surface area contributed by atoms with Crippen LogP contribution < -0.4 is 10.6 Å². The molecule has 0 aromatic rings. The van der Waals surface area contributed by atoms with Gasteiger partial charge in [0.15, 0.2) is 0 Å². The second-order valence-electron chi connectivity index (χ2n) is 3.85. The molecule has 17 heavy (non-hydrogen) atoms. The van der Waals surface area contributed by atoms with Gasteiger partial charge in [-0.05, 0) is 12.8 Å². The Labute approximate surface area is 101 Å². The number of hydrogen-bond donors (Lipinski definition) is 4. The first-order chi connectivity index (χ1) is 8.13. The Morgan fingerprint density at radius 2 is 1.12 bits per heavy atom. The molecule has 1 heterocycles. The first kappa shape index (κ1) is 15.9. The normalized spacial score (nSPS) is 14.6. The van der Waals surface area contributed by atoms with Gasteiger partial charge in [-0.25, -0.2) is 0 Å². The average molecular weight is 246 g/mol. The van der Waals surface area contributed by atoms with Crippen LogP contribution in [-0.4, -0.2) is 48.3 Å². The summed E-state index contributed by atoms with van der Waals surface area (Å²) in [6.45, 7) is 4.56. The van der Waals surface area contributed by atoms with E-state index in [1.54, 1.807) is 0 Å². The Kier molecular flexibility index (Phi) is 10.6. The molecule has 0 unspecified atom stereocenters. The van der Waals surface area contributed by atoms with Crippen LogP contribution in [0.15, 0.2) is 0 Å². The largest absolute Gasteiger partial charge is 0.481 e. The van der Waals surface area contributed by atoms with Gasteiger partial charge < -0.3 is 20.8 Å². The number of unbranched alkanes of at least 4 members (excludes halogenated alkanes) is 2. The van der Waals surface area contributed by atoms with Crippen LogP contribution >= 0.6 is 0 Å². The molecule has 1 rings (SSSR count). The fourth-order valence-corrected chi connectivity index (χ4v) is 1.33. The van der Waals surface area contributed by atoms with Gasteiger partial charge in [-0.15, -0.1) is 0 Å². The van der Waals surface area contributed by atoms with E-state index < -0.39 is 11.9 Å². The molecule has 4 N–H and O–H groups in total. The highest BCUT2D eigenvalue weighted by Gasteiger charge is 1.98. The van der Waals surface area contributed by atoms with Crippen LogP contribution in [0.4, 0.5) is 0 Å². The maximum atomic E-state index is 9.98. The summed E-state index contributed by atoms with van der Waals surface area (Å²) in [6, 6.07) is 0. The quantitative estimate of drug-likeness (QED) is 0.503. The molecule has 0 aliphatic carbocycles. The summed E-state index contributed by atoms with van der Waals surface area (Å²) in [5, 5.41) is 22.9. The van der Waals surface area contributed by atoms with E-state index in [0.717, 1.165) is 26.2 Å². The van der Waals surface area contributed by atoms with Gasteiger partial charge in [-0.2, -0.15) is 0 Å². The maximum Gasteiger partial charge on any atom is 0.303 e. The molecule has 1 saturated heterocycles. The van der Waals surface area contributed by atoms with Gasteiger partial charge in [-0.1, -0.05) is 6.42 Å². The van der Waals surface area contributed by atoms with Crippen LogP contribution in [0.1, 0.15) is 32.1 Å². The molecule has 1 fully saturated rings. The molecule has 0 bridgehead atoms. The number of hydrogen-bond acceptors (Lipinski definition) is 4. The first-order valence-corrected chi connectivity index (χ1v) is 5.98. The average Bonchev–Trinajstić information content (AvgIpc) is 2.31. The van der Waals surface area contributed by atoms with E-state index in [9.17, 15) is 9.59 Å². The summed E-state index contributed by atoms with van der Waals surface area (Å²) >= 11 is 0. The van der Waals surface area contributed by atoms with Crippen molar-refractivity contribution in [2.45, 2.75) is 32.1 Å². The van der Waals surface area contributed by atoms with Crippen molar-refractivity contribution in [1.29, 1.82) is 0 Å². The van der Waals surface area contributed by atoms with Crippen molar-refractivity contribution in [2.75, 3.05) is 26.2 Å². The smallest absolute Gasteiger partial charge is 0.303 e. The minimum atomic E-state index is -0.819. The van der Waals surface area contributed by atoms with Crippen molar-refractivity contribution >= 4 is 11.9 Å². The molecule has 0 saturated carbocycles. The van der Waals surface area contributed by atoms with Gasteiger partial charge in [0, 0.05) is 39.0 Å². The summed E-state index contributed by atoms with van der Waals surface area (Å²) in [7, 11) is 0. The Balaban J connectivity index is 0.000000354. The number of aliphatic carboxylic acids is 2. The van der Waals surface area contributed by atoms with Crippen LogP contribution in [0.2, 0.25) is 0 Å². The molecule has 1 aliphatic rings. The number of rotatable bonds is 6. The summed E-state index contributed by atoms with van der Waals surface area (Å²) in [5.74, 6) is -1.64. The van der Waals surface area contributed by atoms with Crippen LogP contribution in [0, 0.1) is 0 Å². The number of nitrogens with one attached hydrogen (secondary N) is 2.